The average molecular weight is 671 g/mol. The van der Waals surface area contributed by atoms with Gasteiger partial charge in [-0.05, 0) is 25.5 Å². The molecule has 2 aliphatic rings. The highest BCUT2D eigenvalue weighted by Crippen LogP contribution is 2.50. The molecule has 7 rings (SSSR count). The van der Waals surface area contributed by atoms with E-state index in [4.69, 9.17) is 32.8 Å². The highest BCUT2D eigenvalue weighted by atomic mass is 16.6. The molecule has 0 N–H and O–H groups in total. The van der Waals surface area contributed by atoms with E-state index in [2.05, 4.69) is 0 Å². The summed E-state index contributed by atoms with van der Waals surface area (Å²) in [6.07, 6.45) is -1.04. The minimum atomic E-state index is -0.966. The molecule has 2 aliphatic heterocycles. The minimum absolute atomic E-state index is 0.0169. The number of carbonyl (C=O) groups excluding carboxylic acids is 5. The number of hydrogen-bond acceptors (Lipinski definition) is 14. The van der Waals surface area contributed by atoms with Crippen molar-refractivity contribution in [2.75, 3.05) is 7.11 Å². The van der Waals surface area contributed by atoms with Crippen LogP contribution in [0, 0.1) is 0 Å². The van der Waals surface area contributed by atoms with Crippen molar-refractivity contribution in [3.63, 3.8) is 0 Å². The third kappa shape index (κ3) is 4.65. The summed E-state index contributed by atoms with van der Waals surface area (Å²) in [7, 11) is 1.30. The minimum Gasteiger partial charge on any atom is -0.496 e. The Morgan fingerprint density at radius 1 is 0.673 bits per heavy atom. The van der Waals surface area contributed by atoms with Crippen LogP contribution in [-0.2, 0) is 36.7 Å². The summed E-state index contributed by atoms with van der Waals surface area (Å²) >= 11 is 0. The molecule has 4 aromatic carbocycles. The largest absolute Gasteiger partial charge is 0.496 e. The highest BCUT2D eigenvalue weighted by molar-refractivity contribution is 6.31. The van der Waals surface area contributed by atoms with Gasteiger partial charge >= 0.3 is 29.8 Å². The number of hydrogen-bond donors (Lipinski definition) is 0. The van der Waals surface area contributed by atoms with Crippen LogP contribution in [0.15, 0.2) is 26.1 Å². The fourth-order valence-electron chi connectivity index (χ4n) is 6.86. The van der Waals surface area contributed by atoms with Crippen molar-refractivity contribution in [3.8, 4) is 23.0 Å². The number of benzene rings is 4. The Balaban J connectivity index is 1.85. The monoisotopic (exact) mass is 670 g/mol. The number of rotatable bonds is 4. The van der Waals surface area contributed by atoms with Gasteiger partial charge in [-0.2, -0.15) is 0 Å². The number of cyclic esters (lactones) is 2. The molecule has 2 atom stereocenters. The first kappa shape index (κ1) is 31.5. The van der Waals surface area contributed by atoms with Crippen molar-refractivity contribution < 1.29 is 56.8 Å². The SMILES string of the molecule is COc1cc(=O)c2c(OC(C)=O)c3c(c4oc5c(OC(C)=O)c(=O)c6c(OC(C)=O)c7c(cc6c5c1c42)C[C@H](C)OC7=O)C[C@H](C)OC3=O. The summed E-state index contributed by atoms with van der Waals surface area (Å²) in [5, 5.41) is -0.156. The van der Waals surface area contributed by atoms with E-state index < -0.39 is 64.4 Å². The van der Waals surface area contributed by atoms with Crippen molar-refractivity contribution >= 4 is 73.3 Å². The maximum absolute atomic E-state index is 14.4. The standard InChI is InChI=1S/C35H26O14/c1-11-7-16-9-17-22-26-20(43-6)10-19(39)25-27(26)29(18-8-12(2)45-35(42)24(18)31(25)47-14(4)37)49-32(22)33(48-15(5)38)28(40)23(17)30(46-13(3)36)21(16)34(41)44-11/h9-12H,7-8H2,1-6H3/t11-,12-/m0/s1. The molecule has 0 unspecified atom stereocenters. The van der Waals surface area contributed by atoms with Gasteiger partial charge in [0.2, 0.25) is 11.2 Å². The fourth-order valence-corrected chi connectivity index (χ4v) is 6.86. The van der Waals surface area contributed by atoms with Crippen molar-refractivity contribution in [1.29, 1.82) is 0 Å². The predicted molar refractivity (Wildman–Crippen MR) is 170 cm³/mol. The topological polar surface area (TPSA) is 188 Å². The van der Waals surface area contributed by atoms with Crippen molar-refractivity contribution in [3.05, 3.63) is 54.8 Å². The third-order valence-electron chi connectivity index (χ3n) is 8.45. The lowest BCUT2D eigenvalue weighted by Gasteiger charge is -2.27. The van der Waals surface area contributed by atoms with Crippen molar-refractivity contribution in [2.24, 2.45) is 0 Å². The first-order valence-corrected chi connectivity index (χ1v) is 15.1. The van der Waals surface area contributed by atoms with Crippen LogP contribution in [-0.4, -0.2) is 49.2 Å². The Morgan fingerprint density at radius 2 is 1.24 bits per heavy atom. The maximum atomic E-state index is 14.4. The lowest BCUT2D eigenvalue weighted by atomic mass is 9.87. The van der Waals surface area contributed by atoms with Gasteiger partial charge in [-0.1, -0.05) is 0 Å². The van der Waals surface area contributed by atoms with E-state index in [0.717, 1.165) is 26.8 Å². The van der Waals surface area contributed by atoms with E-state index in [1.165, 1.54) is 7.11 Å². The van der Waals surface area contributed by atoms with Crippen LogP contribution >= 0.6 is 0 Å². The van der Waals surface area contributed by atoms with Gasteiger partial charge in [0.25, 0.3) is 0 Å². The molecule has 250 valence electrons. The quantitative estimate of drug-likeness (QED) is 0.115. The van der Waals surface area contributed by atoms with Crippen LogP contribution < -0.4 is 29.8 Å². The second kappa shape index (κ2) is 11.0. The normalized spacial score (nSPS) is 17.0. The maximum Gasteiger partial charge on any atom is 0.342 e. The van der Waals surface area contributed by atoms with Crippen molar-refractivity contribution in [2.45, 2.75) is 59.7 Å². The predicted octanol–water partition coefficient (Wildman–Crippen LogP) is 4.04. The van der Waals surface area contributed by atoms with E-state index in [9.17, 15) is 33.6 Å². The van der Waals surface area contributed by atoms with Crippen molar-refractivity contribution in [1.82, 2.24) is 0 Å². The van der Waals surface area contributed by atoms with Gasteiger partial charge < -0.3 is 32.8 Å². The smallest absolute Gasteiger partial charge is 0.342 e. The average Bonchev–Trinajstić information content (AvgIpc) is 2.99. The number of carbonyl (C=O) groups is 5. The molecule has 0 fully saturated rings. The fraction of sp³-hybridized carbons (Fsp3) is 0.286. The summed E-state index contributed by atoms with van der Waals surface area (Å²) in [5.74, 6) is -5.72. The van der Waals surface area contributed by atoms with Gasteiger partial charge in [0.1, 0.15) is 34.7 Å². The molecule has 0 bridgehead atoms. The Kier molecular flexibility index (Phi) is 7.08. The number of fused-ring (bicyclic) bond motifs is 7. The highest BCUT2D eigenvalue weighted by Gasteiger charge is 2.38. The van der Waals surface area contributed by atoms with Crippen LogP contribution in [0.2, 0.25) is 0 Å². The van der Waals surface area contributed by atoms with Crippen LogP contribution in [0.25, 0.3) is 43.5 Å². The Hall–Kier alpha value is -6.05. The molecule has 14 heteroatoms. The second-order valence-corrected chi connectivity index (χ2v) is 12.0. The summed E-state index contributed by atoms with van der Waals surface area (Å²) in [6.45, 7) is 6.55. The van der Waals surface area contributed by atoms with E-state index >= 15 is 0 Å². The molecule has 49 heavy (non-hydrogen) atoms. The molecule has 0 radical (unpaired) electrons. The molecule has 0 aliphatic carbocycles. The summed E-state index contributed by atoms with van der Waals surface area (Å²) < 4.78 is 39.6. The van der Waals surface area contributed by atoms with Crippen LogP contribution in [0.1, 0.15) is 66.5 Å². The van der Waals surface area contributed by atoms with Gasteiger partial charge in [-0.15, -0.1) is 0 Å². The van der Waals surface area contributed by atoms with Gasteiger partial charge in [0.15, 0.2) is 22.5 Å². The summed E-state index contributed by atoms with van der Waals surface area (Å²) in [6, 6.07) is 2.65. The Morgan fingerprint density at radius 3 is 1.86 bits per heavy atom. The van der Waals surface area contributed by atoms with Gasteiger partial charge in [0, 0.05) is 66.8 Å². The first-order chi connectivity index (χ1) is 23.2. The molecule has 0 spiro atoms. The van der Waals surface area contributed by atoms with E-state index in [0.29, 0.717) is 5.56 Å². The van der Waals surface area contributed by atoms with Crippen LogP contribution in [0.4, 0.5) is 0 Å². The molecular formula is C35H26O14. The molecule has 14 nitrogen and oxygen atoms in total. The van der Waals surface area contributed by atoms with E-state index in [1.807, 2.05) is 0 Å². The van der Waals surface area contributed by atoms with E-state index in [-0.39, 0.29) is 84.5 Å². The third-order valence-corrected chi connectivity index (χ3v) is 8.45. The number of methoxy groups -OCH3 is 1. The summed E-state index contributed by atoms with van der Waals surface area (Å²) in [4.78, 5) is 92.1. The number of ether oxygens (including phenoxy) is 6. The summed E-state index contributed by atoms with van der Waals surface area (Å²) in [5.41, 5.74) is -1.79. The Labute approximate surface area is 274 Å². The van der Waals surface area contributed by atoms with E-state index in [1.54, 1.807) is 19.9 Å². The number of esters is 5. The van der Waals surface area contributed by atoms with Gasteiger partial charge in [-0.25, -0.2) is 9.59 Å². The van der Waals surface area contributed by atoms with Crippen LogP contribution in [0.3, 0.4) is 0 Å². The molecule has 3 heterocycles. The van der Waals surface area contributed by atoms with Gasteiger partial charge in [-0.3, -0.25) is 24.0 Å². The molecule has 0 saturated heterocycles. The van der Waals surface area contributed by atoms with Crippen LogP contribution in [0.5, 0.6) is 23.0 Å². The second-order valence-electron chi connectivity index (χ2n) is 12.0. The molecule has 0 amide bonds. The molecular weight excluding hydrogens is 644 g/mol. The lowest BCUT2D eigenvalue weighted by molar-refractivity contribution is -0.132. The zero-order valence-electron chi connectivity index (χ0n) is 26.9. The molecule has 0 saturated carbocycles. The Bertz CT molecular complexity index is 2510. The molecule has 1 aromatic heterocycles. The zero-order valence-corrected chi connectivity index (χ0v) is 26.9. The first-order valence-electron chi connectivity index (χ1n) is 15.1. The lowest BCUT2D eigenvalue weighted by Crippen LogP contribution is -2.27. The zero-order chi connectivity index (χ0) is 35.2. The molecule has 5 aromatic rings. The van der Waals surface area contributed by atoms with Gasteiger partial charge in [0.05, 0.1) is 17.9 Å².